The fraction of sp³-hybridized carbons (Fsp3) is 0.379. The quantitative estimate of drug-likeness (QED) is 0.507. The number of hydrogen-bond acceptors (Lipinski definition) is 6. The van der Waals surface area contributed by atoms with E-state index in [9.17, 15) is 4.79 Å². The highest BCUT2D eigenvalue weighted by molar-refractivity contribution is 5.76. The molecule has 0 bridgehead atoms. The van der Waals surface area contributed by atoms with Crippen LogP contribution in [0.3, 0.4) is 0 Å². The monoisotopic (exact) mass is 486 g/mol. The molecular formula is C29H34N4O3. The number of nitrogens with zero attached hydrogens (tertiary/aromatic N) is 4. The van der Waals surface area contributed by atoms with Crippen LogP contribution in [0.15, 0.2) is 66.9 Å². The van der Waals surface area contributed by atoms with E-state index >= 15 is 0 Å². The van der Waals surface area contributed by atoms with Crippen LogP contribution < -0.4 is 14.4 Å². The third kappa shape index (κ3) is 5.02. The molecule has 0 radical (unpaired) electrons. The second-order valence-electron chi connectivity index (χ2n) is 9.31. The lowest BCUT2D eigenvalue weighted by Crippen LogP contribution is -2.49. The Labute approximate surface area is 213 Å². The van der Waals surface area contributed by atoms with Crippen LogP contribution in [0.5, 0.6) is 11.5 Å². The van der Waals surface area contributed by atoms with Gasteiger partial charge in [-0.05, 0) is 47.4 Å². The zero-order chi connectivity index (χ0) is 24.9. The van der Waals surface area contributed by atoms with E-state index in [0.29, 0.717) is 13.0 Å². The van der Waals surface area contributed by atoms with Crippen LogP contribution in [-0.4, -0.2) is 74.2 Å². The zero-order valence-corrected chi connectivity index (χ0v) is 21.1. The van der Waals surface area contributed by atoms with E-state index in [4.69, 9.17) is 9.47 Å². The van der Waals surface area contributed by atoms with E-state index < -0.39 is 0 Å². The highest BCUT2D eigenvalue weighted by Crippen LogP contribution is 2.41. The number of carbonyl (C=O) groups excluding carboxylic acids is 1. The van der Waals surface area contributed by atoms with Crippen molar-refractivity contribution in [2.24, 2.45) is 0 Å². The van der Waals surface area contributed by atoms with Crippen LogP contribution in [0.4, 0.5) is 5.82 Å². The Hall–Kier alpha value is -3.58. The molecule has 1 unspecified atom stereocenters. The van der Waals surface area contributed by atoms with E-state index in [1.54, 1.807) is 14.2 Å². The maximum atomic E-state index is 13.2. The third-order valence-corrected chi connectivity index (χ3v) is 7.31. The average Bonchev–Trinajstić information content (AvgIpc) is 2.95. The van der Waals surface area contributed by atoms with Crippen molar-refractivity contribution in [3.63, 3.8) is 0 Å². The van der Waals surface area contributed by atoms with E-state index in [2.05, 4.69) is 51.2 Å². The van der Waals surface area contributed by atoms with Crippen molar-refractivity contribution in [1.82, 2.24) is 14.8 Å². The summed E-state index contributed by atoms with van der Waals surface area (Å²) in [6, 6.07) is 20.8. The van der Waals surface area contributed by atoms with E-state index in [1.165, 1.54) is 16.7 Å². The van der Waals surface area contributed by atoms with E-state index in [0.717, 1.165) is 56.5 Å². The molecule has 7 heteroatoms. The highest BCUT2D eigenvalue weighted by atomic mass is 16.5. The van der Waals surface area contributed by atoms with Gasteiger partial charge in [-0.2, -0.15) is 0 Å². The Balaban J connectivity index is 1.28. The Bertz CT molecular complexity index is 1160. The largest absolute Gasteiger partial charge is 0.493 e. The van der Waals surface area contributed by atoms with Gasteiger partial charge in [0, 0.05) is 51.9 Å². The summed E-state index contributed by atoms with van der Waals surface area (Å²) in [5.41, 5.74) is 3.72. The Morgan fingerprint density at radius 3 is 2.33 bits per heavy atom. The lowest BCUT2D eigenvalue weighted by Gasteiger charge is -2.39. The first kappa shape index (κ1) is 24.1. The van der Waals surface area contributed by atoms with Crippen LogP contribution in [0, 0.1) is 0 Å². The molecule has 188 valence electrons. The predicted molar refractivity (Wildman–Crippen MR) is 141 cm³/mol. The van der Waals surface area contributed by atoms with Crippen molar-refractivity contribution in [2.75, 3.05) is 58.4 Å². The number of pyridine rings is 1. The molecule has 2 aliphatic heterocycles. The molecule has 3 aromatic rings. The van der Waals surface area contributed by atoms with Gasteiger partial charge in [-0.1, -0.05) is 36.4 Å². The molecule has 1 saturated heterocycles. The highest BCUT2D eigenvalue weighted by Gasteiger charge is 2.31. The summed E-state index contributed by atoms with van der Waals surface area (Å²) >= 11 is 0. The first-order valence-electron chi connectivity index (χ1n) is 12.7. The van der Waals surface area contributed by atoms with Crippen molar-refractivity contribution < 1.29 is 14.3 Å². The minimum Gasteiger partial charge on any atom is -0.493 e. The van der Waals surface area contributed by atoms with Gasteiger partial charge in [-0.25, -0.2) is 4.98 Å². The minimum atomic E-state index is 0.0727. The summed E-state index contributed by atoms with van der Waals surface area (Å²) in [5, 5.41) is 0. The van der Waals surface area contributed by atoms with E-state index in [-0.39, 0.29) is 11.9 Å². The van der Waals surface area contributed by atoms with Crippen LogP contribution in [-0.2, 0) is 11.2 Å². The van der Waals surface area contributed by atoms with Gasteiger partial charge in [0.05, 0.1) is 20.3 Å². The molecule has 0 N–H and O–H groups in total. The van der Waals surface area contributed by atoms with E-state index in [1.807, 2.05) is 35.4 Å². The zero-order valence-electron chi connectivity index (χ0n) is 21.1. The van der Waals surface area contributed by atoms with Crippen LogP contribution in [0.1, 0.15) is 29.2 Å². The van der Waals surface area contributed by atoms with Gasteiger partial charge in [0.1, 0.15) is 5.82 Å². The summed E-state index contributed by atoms with van der Waals surface area (Å²) in [5.74, 6) is 2.70. The number of piperazine rings is 1. The molecule has 0 saturated carbocycles. The van der Waals surface area contributed by atoms with Crippen molar-refractivity contribution >= 4 is 11.7 Å². The summed E-state index contributed by atoms with van der Waals surface area (Å²) in [7, 11) is 3.35. The number of rotatable bonds is 7. The number of carbonyl (C=O) groups is 1. The fourth-order valence-electron chi connectivity index (χ4n) is 5.39. The molecule has 1 atom stereocenters. The number of ether oxygens (including phenoxy) is 2. The Morgan fingerprint density at radius 1 is 0.917 bits per heavy atom. The lowest BCUT2D eigenvalue weighted by molar-refractivity contribution is -0.132. The first-order chi connectivity index (χ1) is 17.7. The summed E-state index contributed by atoms with van der Waals surface area (Å²) in [6.45, 7) is 4.70. The van der Waals surface area contributed by atoms with Gasteiger partial charge >= 0.3 is 0 Å². The van der Waals surface area contributed by atoms with Crippen LogP contribution in [0.25, 0.3) is 0 Å². The second-order valence-corrected chi connectivity index (χ2v) is 9.31. The SMILES string of the molecule is COc1cc2c(cc1OC)C(c1ccccc1)N(CCC(=O)N1CCN(c3ccccn3)CC1)CC2. The fourth-order valence-corrected chi connectivity index (χ4v) is 5.39. The summed E-state index contributed by atoms with van der Waals surface area (Å²) in [4.78, 5) is 24.3. The Morgan fingerprint density at radius 2 is 1.64 bits per heavy atom. The van der Waals surface area contributed by atoms with Crippen molar-refractivity contribution in [3.8, 4) is 11.5 Å². The molecule has 2 aliphatic rings. The van der Waals surface area contributed by atoms with Crippen LogP contribution >= 0.6 is 0 Å². The predicted octanol–water partition coefficient (Wildman–Crippen LogP) is 3.79. The standard InChI is InChI=1S/C29H34N4O3/c1-35-25-20-23-11-14-33(29(22-8-4-3-5-9-22)24(23)21-26(25)36-2)15-12-28(34)32-18-16-31(17-19-32)27-10-6-7-13-30-27/h3-10,13,20-21,29H,11-12,14-19H2,1-2H3. The van der Waals surface area contributed by atoms with Crippen molar-refractivity contribution in [1.29, 1.82) is 0 Å². The number of amides is 1. The number of hydrogen-bond donors (Lipinski definition) is 0. The number of methoxy groups -OCH3 is 2. The maximum Gasteiger partial charge on any atom is 0.223 e. The molecule has 0 aliphatic carbocycles. The molecule has 1 aromatic heterocycles. The molecule has 7 nitrogen and oxygen atoms in total. The molecule has 3 heterocycles. The summed E-state index contributed by atoms with van der Waals surface area (Å²) < 4.78 is 11.2. The Kier molecular flexibility index (Phi) is 7.37. The van der Waals surface area contributed by atoms with Crippen LogP contribution in [0.2, 0.25) is 0 Å². The molecule has 0 spiro atoms. The number of benzene rings is 2. The number of aromatic nitrogens is 1. The summed E-state index contributed by atoms with van der Waals surface area (Å²) in [6.07, 6.45) is 3.24. The normalized spacial score (nSPS) is 18.0. The topological polar surface area (TPSA) is 58.1 Å². The molecular weight excluding hydrogens is 452 g/mol. The minimum absolute atomic E-state index is 0.0727. The lowest BCUT2D eigenvalue weighted by atomic mass is 9.87. The maximum absolute atomic E-state index is 13.2. The molecule has 5 rings (SSSR count). The van der Waals surface area contributed by atoms with Gasteiger partial charge in [-0.3, -0.25) is 9.69 Å². The second kappa shape index (κ2) is 11.0. The number of anilines is 1. The average molecular weight is 487 g/mol. The van der Waals surface area contributed by atoms with Gasteiger partial charge in [0.2, 0.25) is 5.91 Å². The number of fused-ring (bicyclic) bond motifs is 1. The molecule has 1 amide bonds. The molecule has 36 heavy (non-hydrogen) atoms. The van der Waals surface area contributed by atoms with Gasteiger partial charge in [-0.15, -0.1) is 0 Å². The molecule has 2 aromatic carbocycles. The van der Waals surface area contributed by atoms with Gasteiger partial charge < -0.3 is 19.3 Å². The van der Waals surface area contributed by atoms with Crippen molar-refractivity contribution in [2.45, 2.75) is 18.9 Å². The smallest absolute Gasteiger partial charge is 0.223 e. The van der Waals surface area contributed by atoms with Gasteiger partial charge in [0.25, 0.3) is 0 Å². The third-order valence-electron chi connectivity index (χ3n) is 7.31. The van der Waals surface area contributed by atoms with Gasteiger partial charge in [0.15, 0.2) is 11.5 Å². The van der Waals surface area contributed by atoms with Crippen molar-refractivity contribution in [3.05, 3.63) is 83.6 Å². The first-order valence-corrected chi connectivity index (χ1v) is 12.7. The molecule has 1 fully saturated rings.